The van der Waals surface area contributed by atoms with E-state index in [4.69, 9.17) is 9.47 Å². The van der Waals surface area contributed by atoms with E-state index in [9.17, 15) is 0 Å². The van der Waals surface area contributed by atoms with Crippen LogP contribution in [0.15, 0.2) is 72.8 Å². The van der Waals surface area contributed by atoms with Crippen LogP contribution in [0.5, 0.6) is 11.5 Å². The van der Waals surface area contributed by atoms with Crippen LogP contribution in [0.4, 0.5) is 11.4 Å². The molecule has 0 N–H and O–H groups in total. The molecule has 4 rings (SSSR count). The number of ether oxygens (including phenoxy) is 2. The van der Waals surface area contributed by atoms with Crippen LogP contribution in [0.1, 0.15) is 11.1 Å². The summed E-state index contributed by atoms with van der Waals surface area (Å²) in [4.78, 5) is 4.77. The van der Waals surface area contributed by atoms with Crippen LogP contribution in [0.3, 0.4) is 0 Å². The molecule has 3 aromatic carbocycles. The minimum Gasteiger partial charge on any atom is -0.497 e. The molecule has 0 bridgehead atoms. The summed E-state index contributed by atoms with van der Waals surface area (Å²) in [5.41, 5.74) is 4.90. The Morgan fingerprint density at radius 2 is 1.70 bits per heavy atom. The molecule has 0 atom stereocenters. The maximum absolute atomic E-state index is 6.07. The molecule has 3 aromatic rings. The Hall–Kier alpha value is -2.69. The molecule has 1 aliphatic heterocycles. The first-order valence-electron chi connectivity index (χ1n) is 10.1. The van der Waals surface area contributed by atoms with Crippen molar-refractivity contribution in [3.05, 3.63) is 83.9 Å². The van der Waals surface area contributed by atoms with E-state index in [0.717, 1.165) is 43.2 Å². The van der Waals surface area contributed by atoms with Gasteiger partial charge in [-0.3, -0.25) is 0 Å². The number of anilines is 2. The molecule has 0 aromatic heterocycles. The van der Waals surface area contributed by atoms with Crippen molar-refractivity contribution >= 4 is 23.8 Å². The average Bonchev–Trinajstić information content (AvgIpc) is 2.93. The van der Waals surface area contributed by atoms with Crippen molar-refractivity contribution in [1.82, 2.24) is 4.90 Å². The number of methoxy groups -OCH3 is 1. The first kappa shape index (κ1) is 22.0. The number of hydrogen-bond donors (Lipinski definition) is 0. The number of para-hydroxylation sites is 3. The van der Waals surface area contributed by atoms with Gasteiger partial charge < -0.3 is 19.3 Å². The first-order valence-corrected chi connectivity index (χ1v) is 10.1. The lowest BCUT2D eigenvalue weighted by molar-refractivity contribution is 0.310. The van der Waals surface area contributed by atoms with E-state index in [-0.39, 0.29) is 12.4 Å². The minimum absolute atomic E-state index is 0. The summed E-state index contributed by atoms with van der Waals surface area (Å²) in [6, 6.07) is 25.2. The number of benzene rings is 3. The fraction of sp³-hybridized carbons (Fsp3) is 0.280. The molecule has 0 amide bonds. The van der Waals surface area contributed by atoms with E-state index in [1.807, 2.05) is 12.1 Å². The van der Waals surface area contributed by atoms with Gasteiger partial charge in [0.05, 0.1) is 12.8 Å². The highest BCUT2D eigenvalue weighted by molar-refractivity contribution is 5.85. The second kappa shape index (κ2) is 10.4. The van der Waals surface area contributed by atoms with Crippen molar-refractivity contribution in [3.63, 3.8) is 0 Å². The predicted molar refractivity (Wildman–Crippen MR) is 126 cm³/mol. The Morgan fingerprint density at radius 3 is 2.53 bits per heavy atom. The average molecular weight is 425 g/mol. The molecule has 0 saturated heterocycles. The Bertz CT molecular complexity index is 916. The zero-order valence-corrected chi connectivity index (χ0v) is 18.4. The Morgan fingerprint density at radius 1 is 0.933 bits per heavy atom. The molecular formula is C25H29ClN2O2. The van der Waals surface area contributed by atoms with Gasteiger partial charge in [-0.15, -0.1) is 12.4 Å². The van der Waals surface area contributed by atoms with Crippen LogP contribution in [-0.2, 0) is 13.0 Å². The summed E-state index contributed by atoms with van der Waals surface area (Å²) < 4.78 is 11.4. The zero-order valence-electron chi connectivity index (χ0n) is 17.6. The van der Waals surface area contributed by atoms with Gasteiger partial charge in [0.1, 0.15) is 18.1 Å². The van der Waals surface area contributed by atoms with Crippen LogP contribution in [0.2, 0.25) is 0 Å². The Kier molecular flexibility index (Phi) is 7.61. The quantitative estimate of drug-likeness (QED) is 0.512. The molecular weight excluding hydrogens is 396 g/mol. The summed E-state index contributed by atoms with van der Waals surface area (Å²) >= 11 is 0. The Balaban J connectivity index is 0.00000256. The van der Waals surface area contributed by atoms with E-state index < -0.39 is 0 Å². The van der Waals surface area contributed by atoms with Gasteiger partial charge in [-0.2, -0.15) is 0 Å². The molecule has 4 nitrogen and oxygen atoms in total. The zero-order chi connectivity index (χ0) is 20.1. The molecule has 0 saturated carbocycles. The molecule has 30 heavy (non-hydrogen) atoms. The van der Waals surface area contributed by atoms with Gasteiger partial charge in [-0.05, 0) is 49.4 Å². The Labute approximate surface area is 185 Å². The van der Waals surface area contributed by atoms with Crippen LogP contribution >= 0.6 is 12.4 Å². The largest absolute Gasteiger partial charge is 0.497 e. The fourth-order valence-corrected chi connectivity index (χ4v) is 3.76. The number of likely N-dealkylation sites (N-methyl/N-ethyl adjacent to an activating group) is 1. The highest BCUT2D eigenvalue weighted by Crippen LogP contribution is 2.38. The fourth-order valence-electron chi connectivity index (χ4n) is 3.76. The maximum Gasteiger partial charge on any atom is 0.143 e. The SMILES string of the molecule is COc1cccc(CCN(C)CCN2c3ccccc3COc3ccccc32)c1.Cl. The third-order valence-corrected chi connectivity index (χ3v) is 5.44. The summed E-state index contributed by atoms with van der Waals surface area (Å²) in [7, 11) is 3.90. The summed E-state index contributed by atoms with van der Waals surface area (Å²) in [6.07, 6.45) is 1.00. The van der Waals surface area contributed by atoms with Crippen LogP contribution in [-0.4, -0.2) is 38.7 Å². The molecule has 0 fully saturated rings. The first-order chi connectivity index (χ1) is 14.2. The van der Waals surface area contributed by atoms with Crippen molar-refractivity contribution in [2.45, 2.75) is 13.0 Å². The lowest BCUT2D eigenvalue weighted by Gasteiger charge is -2.28. The molecule has 0 aliphatic carbocycles. The predicted octanol–water partition coefficient (Wildman–Crippen LogP) is 5.32. The van der Waals surface area contributed by atoms with E-state index in [1.54, 1.807) is 7.11 Å². The molecule has 0 spiro atoms. The highest BCUT2D eigenvalue weighted by atomic mass is 35.5. The van der Waals surface area contributed by atoms with Crippen molar-refractivity contribution in [3.8, 4) is 11.5 Å². The van der Waals surface area contributed by atoms with Crippen LogP contribution in [0.25, 0.3) is 0 Å². The molecule has 1 heterocycles. The number of hydrogen-bond acceptors (Lipinski definition) is 4. The van der Waals surface area contributed by atoms with Gasteiger partial charge >= 0.3 is 0 Å². The van der Waals surface area contributed by atoms with Crippen molar-refractivity contribution in [2.75, 3.05) is 38.7 Å². The maximum atomic E-state index is 6.07. The second-order valence-electron chi connectivity index (χ2n) is 7.44. The van der Waals surface area contributed by atoms with Crippen molar-refractivity contribution in [1.29, 1.82) is 0 Å². The lowest BCUT2D eigenvalue weighted by Crippen LogP contribution is -2.32. The van der Waals surface area contributed by atoms with Crippen molar-refractivity contribution in [2.24, 2.45) is 0 Å². The normalized spacial score (nSPS) is 12.3. The monoisotopic (exact) mass is 424 g/mol. The summed E-state index contributed by atoms with van der Waals surface area (Å²) in [5.74, 6) is 1.87. The van der Waals surface area contributed by atoms with Gasteiger partial charge in [0.25, 0.3) is 0 Å². The summed E-state index contributed by atoms with van der Waals surface area (Å²) in [6.45, 7) is 3.48. The molecule has 158 valence electrons. The number of nitrogens with zero attached hydrogens (tertiary/aromatic N) is 2. The number of halogens is 1. The molecule has 0 unspecified atom stereocenters. The summed E-state index contributed by atoms with van der Waals surface area (Å²) in [5, 5.41) is 0. The lowest BCUT2D eigenvalue weighted by atomic mass is 10.1. The third-order valence-electron chi connectivity index (χ3n) is 5.44. The topological polar surface area (TPSA) is 24.9 Å². The van der Waals surface area contributed by atoms with Gasteiger partial charge in [-0.25, -0.2) is 0 Å². The van der Waals surface area contributed by atoms with Gasteiger partial charge in [0, 0.05) is 30.9 Å². The number of fused-ring (bicyclic) bond motifs is 2. The minimum atomic E-state index is 0. The van der Waals surface area contributed by atoms with E-state index >= 15 is 0 Å². The van der Waals surface area contributed by atoms with Gasteiger partial charge in [0.2, 0.25) is 0 Å². The highest BCUT2D eigenvalue weighted by Gasteiger charge is 2.21. The second-order valence-corrected chi connectivity index (χ2v) is 7.44. The molecule has 1 aliphatic rings. The van der Waals surface area contributed by atoms with E-state index in [2.05, 4.69) is 77.5 Å². The third kappa shape index (κ3) is 5.07. The van der Waals surface area contributed by atoms with E-state index in [1.165, 1.54) is 16.8 Å². The van der Waals surface area contributed by atoms with Crippen LogP contribution in [0, 0.1) is 0 Å². The van der Waals surface area contributed by atoms with Crippen LogP contribution < -0.4 is 14.4 Å². The van der Waals surface area contributed by atoms with Crippen molar-refractivity contribution < 1.29 is 9.47 Å². The van der Waals surface area contributed by atoms with E-state index in [0.29, 0.717) is 6.61 Å². The smallest absolute Gasteiger partial charge is 0.143 e. The van der Waals surface area contributed by atoms with Gasteiger partial charge in [-0.1, -0.05) is 42.5 Å². The molecule has 5 heteroatoms. The molecule has 0 radical (unpaired) electrons. The standard InChI is InChI=1S/C25H28N2O2.ClH/c1-26(15-14-20-8-7-10-22(18-20)28-2)16-17-27-23-11-4-3-9-21(23)19-29-25-13-6-5-12-24(25)27;/h3-13,18H,14-17,19H2,1-2H3;1H. The van der Waals surface area contributed by atoms with Gasteiger partial charge in [0.15, 0.2) is 0 Å². The number of rotatable bonds is 7.